The van der Waals surface area contributed by atoms with Crippen LogP contribution in [-0.4, -0.2) is 57.0 Å². The molecule has 0 aliphatic carbocycles. The van der Waals surface area contributed by atoms with Gasteiger partial charge in [-0.1, -0.05) is 41.5 Å². The number of aliphatic carboxylic acids is 1. The van der Waals surface area contributed by atoms with Crippen molar-refractivity contribution in [3.8, 4) is 0 Å². The number of carbonyl (C=O) groups is 3. The van der Waals surface area contributed by atoms with E-state index in [1.54, 1.807) is 45.1 Å². The second-order valence-corrected chi connectivity index (χ2v) is 7.45. The molecule has 0 bridgehead atoms. The van der Waals surface area contributed by atoms with Gasteiger partial charge in [-0.05, 0) is 39.3 Å². The number of morpholine rings is 1. The van der Waals surface area contributed by atoms with E-state index in [4.69, 9.17) is 14.9 Å². The first-order valence-corrected chi connectivity index (χ1v) is 9.51. The Morgan fingerprint density at radius 2 is 1.87 bits per heavy atom. The molecule has 0 aromatic rings. The van der Waals surface area contributed by atoms with E-state index in [0.717, 1.165) is 11.1 Å². The third kappa shape index (κ3) is 4.51. The van der Waals surface area contributed by atoms with Crippen molar-refractivity contribution in [3.63, 3.8) is 0 Å². The summed E-state index contributed by atoms with van der Waals surface area (Å²) in [6, 6.07) is 0. The first-order chi connectivity index (χ1) is 14.0. The molecule has 4 N–H and O–H groups in total. The van der Waals surface area contributed by atoms with Gasteiger partial charge in [0, 0.05) is 13.0 Å². The van der Waals surface area contributed by atoms with Crippen molar-refractivity contribution in [2.75, 3.05) is 6.61 Å². The van der Waals surface area contributed by atoms with Gasteiger partial charge >= 0.3 is 5.97 Å². The number of hydrogen-bond donors (Lipinski definition) is 4. The molecule has 1 amide bonds. The maximum absolute atomic E-state index is 12.7. The van der Waals surface area contributed by atoms with Crippen molar-refractivity contribution in [1.29, 1.82) is 0 Å². The minimum Gasteiger partial charge on any atom is -0.478 e. The highest BCUT2D eigenvalue weighted by atomic mass is 16.6. The molecule has 3 atom stereocenters. The first kappa shape index (κ1) is 23.5. The van der Waals surface area contributed by atoms with Crippen LogP contribution < -0.4 is 5.32 Å². The number of Topliss-reactive ketones (excluding diaryl/α,β-unsaturated/α-hetero) is 1. The Morgan fingerprint density at radius 3 is 2.40 bits per heavy atom. The van der Waals surface area contributed by atoms with Crippen molar-refractivity contribution in [2.45, 2.75) is 51.5 Å². The number of hydrogen-bond acceptors (Lipinski definition) is 6. The molecule has 2 aliphatic rings. The van der Waals surface area contributed by atoms with Crippen molar-refractivity contribution in [2.24, 2.45) is 0 Å². The van der Waals surface area contributed by atoms with Crippen LogP contribution in [0.2, 0.25) is 0 Å². The summed E-state index contributed by atoms with van der Waals surface area (Å²) < 4.78 is 5.29. The number of aliphatic hydroxyl groups excluding tert-OH is 1. The summed E-state index contributed by atoms with van der Waals surface area (Å²) in [7, 11) is 0. The number of amides is 1. The van der Waals surface area contributed by atoms with Crippen molar-refractivity contribution < 1.29 is 34.4 Å². The fourth-order valence-corrected chi connectivity index (χ4v) is 3.43. The van der Waals surface area contributed by atoms with Crippen molar-refractivity contribution in [1.82, 2.24) is 5.32 Å². The SMILES string of the molecule is C\C=C(/C=C(C)/C=C(C)/C=C/C=C(\C)C(=O)[C@]12O[C@H]1[C@@](O)(CCO)NC2=O)C(=O)O. The predicted octanol–water partition coefficient (Wildman–Crippen LogP) is 1.32. The van der Waals surface area contributed by atoms with Crippen LogP contribution in [0.4, 0.5) is 0 Å². The smallest absolute Gasteiger partial charge is 0.335 e. The average molecular weight is 417 g/mol. The zero-order valence-electron chi connectivity index (χ0n) is 17.4. The van der Waals surface area contributed by atoms with Gasteiger partial charge in [0.15, 0.2) is 11.8 Å². The predicted molar refractivity (Wildman–Crippen MR) is 109 cm³/mol. The number of carbonyl (C=O) groups excluding carboxylic acids is 2. The monoisotopic (exact) mass is 417 g/mol. The first-order valence-electron chi connectivity index (χ1n) is 9.51. The minimum absolute atomic E-state index is 0.130. The van der Waals surface area contributed by atoms with Crippen molar-refractivity contribution >= 4 is 17.7 Å². The molecule has 8 nitrogen and oxygen atoms in total. The molecular formula is C22H27NO7. The van der Waals surface area contributed by atoms with E-state index in [2.05, 4.69) is 5.32 Å². The zero-order valence-corrected chi connectivity index (χ0v) is 17.4. The van der Waals surface area contributed by atoms with E-state index in [1.807, 2.05) is 6.92 Å². The molecule has 2 saturated heterocycles. The molecule has 0 aromatic carbocycles. The number of fused-ring (bicyclic) bond motifs is 1. The number of allylic oxidation sites excluding steroid dienone is 7. The number of ether oxygens (including phenoxy) is 1. The van der Waals surface area contributed by atoms with E-state index < -0.39 is 35.1 Å². The highest BCUT2D eigenvalue weighted by molar-refractivity contribution is 6.21. The van der Waals surface area contributed by atoms with Gasteiger partial charge in [0.25, 0.3) is 5.91 Å². The number of rotatable bonds is 9. The second-order valence-electron chi connectivity index (χ2n) is 7.45. The maximum Gasteiger partial charge on any atom is 0.335 e. The van der Waals surface area contributed by atoms with Crippen molar-refractivity contribution in [3.05, 3.63) is 58.7 Å². The van der Waals surface area contributed by atoms with Crippen LogP contribution in [0.5, 0.6) is 0 Å². The van der Waals surface area contributed by atoms with E-state index in [9.17, 15) is 19.5 Å². The lowest BCUT2D eigenvalue weighted by Gasteiger charge is -2.22. The topological polar surface area (TPSA) is 136 Å². The largest absolute Gasteiger partial charge is 0.478 e. The third-order valence-electron chi connectivity index (χ3n) is 5.01. The van der Waals surface area contributed by atoms with E-state index in [-0.39, 0.29) is 24.2 Å². The Kier molecular flexibility index (Phi) is 6.97. The summed E-state index contributed by atoms with van der Waals surface area (Å²) in [5.74, 6) is -2.25. The summed E-state index contributed by atoms with van der Waals surface area (Å²) in [6.45, 7) is 6.45. The molecule has 0 aromatic heterocycles. The quantitative estimate of drug-likeness (QED) is 0.192. The van der Waals surface area contributed by atoms with Crippen LogP contribution in [-0.2, 0) is 19.1 Å². The standard InChI is InChI=1S/C22H27NO7/c1-5-16(18(26)27)12-14(3)11-13(2)7-6-8-15(4)17(25)22-19(30-22)21(29,9-10-24)23-20(22)28/h5-8,11-12,19,24,29H,9-10H2,1-4H3,(H,23,28)(H,26,27)/b7-6+,13-11+,14-12+,15-8+,16-5+/t19-,21-,22-/m0/s1. The normalized spacial score (nSPS) is 29.8. The minimum atomic E-state index is -1.75. The van der Waals surface area contributed by atoms with Crippen LogP contribution in [0.15, 0.2) is 58.7 Å². The molecule has 2 heterocycles. The second kappa shape index (κ2) is 8.91. The zero-order chi connectivity index (χ0) is 22.7. The number of carboxylic acids is 1. The van der Waals surface area contributed by atoms with Crippen LogP contribution in [0.1, 0.15) is 34.1 Å². The molecule has 2 fully saturated rings. The molecule has 0 radical (unpaired) electrons. The van der Waals surface area contributed by atoms with Gasteiger partial charge in [-0.3, -0.25) is 9.59 Å². The summed E-state index contributed by atoms with van der Waals surface area (Å²) >= 11 is 0. The van der Waals surface area contributed by atoms with Gasteiger partial charge in [0.1, 0.15) is 0 Å². The third-order valence-corrected chi connectivity index (χ3v) is 5.01. The van der Waals surface area contributed by atoms with E-state index in [0.29, 0.717) is 0 Å². The van der Waals surface area contributed by atoms with E-state index >= 15 is 0 Å². The molecule has 162 valence electrons. The number of nitrogens with one attached hydrogen (secondary N) is 1. The lowest BCUT2D eigenvalue weighted by atomic mass is 9.92. The lowest BCUT2D eigenvalue weighted by molar-refractivity contribution is -0.138. The summed E-state index contributed by atoms with van der Waals surface area (Å²) in [6.07, 6.45) is 8.63. The van der Waals surface area contributed by atoms with Gasteiger partial charge in [-0.2, -0.15) is 0 Å². The maximum atomic E-state index is 12.7. The Morgan fingerprint density at radius 1 is 1.20 bits per heavy atom. The molecular weight excluding hydrogens is 390 g/mol. The Balaban J connectivity index is 2.09. The number of carboxylic acid groups (broad SMARTS) is 1. The van der Waals surface area contributed by atoms with Crippen LogP contribution in [0.25, 0.3) is 0 Å². The number of epoxide rings is 1. The van der Waals surface area contributed by atoms with Gasteiger partial charge in [-0.15, -0.1) is 0 Å². The Labute approximate surface area is 174 Å². The fourth-order valence-electron chi connectivity index (χ4n) is 3.43. The van der Waals surface area contributed by atoms with E-state index in [1.165, 1.54) is 12.2 Å². The fraction of sp³-hybridized carbons (Fsp3) is 0.409. The van der Waals surface area contributed by atoms with Gasteiger partial charge in [0.05, 0.1) is 5.57 Å². The molecule has 30 heavy (non-hydrogen) atoms. The summed E-state index contributed by atoms with van der Waals surface area (Å²) in [5, 5.41) is 30.8. The molecule has 2 rings (SSSR count). The van der Waals surface area contributed by atoms with Crippen LogP contribution >= 0.6 is 0 Å². The number of ketones is 1. The molecule has 0 spiro atoms. The Bertz CT molecular complexity index is 908. The number of aliphatic hydroxyl groups is 2. The van der Waals surface area contributed by atoms with Crippen LogP contribution in [0.3, 0.4) is 0 Å². The molecule has 0 saturated carbocycles. The molecule has 2 aliphatic heterocycles. The highest BCUT2D eigenvalue weighted by Gasteiger charge is 2.80. The van der Waals surface area contributed by atoms with Crippen LogP contribution in [0, 0.1) is 0 Å². The summed E-state index contributed by atoms with van der Waals surface area (Å²) in [4.78, 5) is 36.0. The summed E-state index contributed by atoms with van der Waals surface area (Å²) in [5.41, 5.74) is -1.43. The molecule has 8 heteroatoms. The lowest BCUT2D eigenvalue weighted by Crippen LogP contribution is -2.48. The average Bonchev–Trinajstić information content (AvgIpc) is 3.38. The van der Waals surface area contributed by atoms with Gasteiger partial charge < -0.3 is 25.4 Å². The Hall–Kier alpha value is -2.81. The van der Waals surface area contributed by atoms with Gasteiger partial charge in [0.2, 0.25) is 11.4 Å². The van der Waals surface area contributed by atoms with Gasteiger partial charge in [-0.25, -0.2) is 4.79 Å². The highest BCUT2D eigenvalue weighted by Crippen LogP contribution is 2.50. The molecule has 0 unspecified atom stereocenters.